The molecule has 0 spiro atoms. The van der Waals surface area contributed by atoms with Gasteiger partial charge in [0.05, 0.1) is 25.2 Å². The largest absolute Gasteiger partial charge is 0.490 e. The fourth-order valence-corrected chi connectivity index (χ4v) is 5.12. The first-order valence-electron chi connectivity index (χ1n) is 15.1. The molecule has 4 atom stereocenters. The number of hydrogen-bond donors (Lipinski definition) is 2. The number of carbonyl (C=O) groups is 2. The van der Waals surface area contributed by atoms with Crippen LogP contribution >= 0.6 is 0 Å². The molecule has 2 rings (SSSR count). The van der Waals surface area contributed by atoms with Crippen LogP contribution in [0.3, 0.4) is 0 Å². The van der Waals surface area contributed by atoms with Gasteiger partial charge in [-0.25, -0.2) is 4.79 Å². The Kier molecular flexibility index (Phi) is 14.2. The molecule has 1 aromatic rings. The third kappa shape index (κ3) is 11.7. The van der Waals surface area contributed by atoms with Crippen molar-refractivity contribution >= 4 is 12.1 Å². The zero-order valence-electron chi connectivity index (χ0n) is 26.4. The van der Waals surface area contributed by atoms with Gasteiger partial charge in [0.15, 0.2) is 11.5 Å². The van der Waals surface area contributed by atoms with Gasteiger partial charge in [-0.2, -0.15) is 0 Å². The summed E-state index contributed by atoms with van der Waals surface area (Å²) in [6, 6.07) is 5.34. The van der Waals surface area contributed by atoms with E-state index in [2.05, 4.69) is 33.0 Å². The van der Waals surface area contributed by atoms with Crippen LogP contribution in [0, 0.1) is 23.7 Å². The molecule has 1 heterocycles. The molecule has 0 radical (unpaired) electrons. The minimum Gasteiger partial charge on any atom is -0.490 e. The van der Waals surface area contributed by atoms with Crippen LogP contribution < -0.4 is 14.8 Å². The van der Waals surface area contributed by atoms with E-state index >= 15 is 0 Å². The molecule has 1 aromatic carbocycles. The summed E-state index contributed by atoms with van der Waals surface area (Å²) >= 11 is 0. The maximum absolute atomic E-state index is 13.1. The predicted octanol–water partition coefficient (Wildman–Crippen LogP) is 6.07. The molecule has 1 amide bonds. The van der Waals surface area contributed by atoms with E-state index in [-0.39, 0.29) is 48.4 Å². The molecule has 2 N–H and O–H groups in total. The average Bonchev–Trinajstić information content (AvgIpc) is 3.26. The summed E-state index contributed by atoms with van der Waals surface area (Å²) in [5.74, 6) is 1.46. The number of nitrogens with one attached hydrogen (secondary N) is 1. The lowest BCUT2D eigenvalue weighted by atomic mass is 9.80. The van der Waals surface area contributed by atoms with Gasteiger partial charge in [-0.1, -0.05) is 33.8 Å². The average molecular weight is 580 g/mol. The van der Waals surface area contributed by atoms with Gasteiger partial charge in [-0.3, -0.25) is 4.79 Å². The number of cyclic esters (lactones) is 1. The zero-order chi connectivity index (χ0) is 30.6. The number of carbonyl (C=O) groups excluding carboxylic acids is 2. The van der Waals surface area contributed by atoms with Crippen LogP contribution in [0.5, 0.6) is 11.5 Å². The Morgan fingerprint density at radius 3 is 2.34 bits per heavy atom. The molecule has 1 saturated heterocycles. The number of alkyl carbamates (subject to hydrolysis) is 1. The number of ether oxygens (including phenoxy) is 5. The number of hydrogen-bond acceptors (Lipinski definition) is 8. The Bertz CT molecular complexity index is 942. The second-order valence-electron chi connectivity index (χ2n) is 12.6. The third-order valence-corrected chi connectivity index (χ3v) is 7.32. The highest BCUT2D eigenvalue weighted by Crippen LogP contribution is 2.39. The molecule has 0 bridgehead atoms. The van der Waals surface area contributed by atoms with Gasteiger partial charge in [-0.05, 0) is 75.5 Å². The summed E-state index contributed by atoms with van der Waals surface area (Å²) in [6.45, 7) is 15.3. The van der Waals surface area contributed by atoms with Crippen LogP contribution in [-0.2, 0) is 19.0 Å². The Hall–Kier alpha value is -2.52. The first kappa shape index (κ1) is 34.7. The summed E-state index contributed by atoms with van der Waals surface area (Å²) in [5.41, 5.74) is 0.223. The SMILES string of the molecule is COCCCOc1cc(C(NC(=O)OC(C)(C)C)C(CCC2CC(C(C)C)C(=O)O2)C(C)C)ccc1OCCCO. The lowest BCUT2D eigenvalue weighted by Crippen LogP contribution is -2.39. The molecule has 4 unspecified atom stereocenters. The minimum absolute atomic E-state index is 0.0295. The Balaban J connectivity index is 2.36. The fourth-order valence-electron chi connectivity index (χ4n) is 5.12. The van der Waals surface area contributed by atoms with E-state index < -0.39 is 11.7 Å². The van der Waals surface area contributed by atoms with Gasteiger partial charge in [-0.15, -0.1) is 0 Å². The van der Waals surface area contributed by atoms with Crippen LogP contribution in [0.15, 0.2) is 18.2 Å². The van der Waals surface area contributed by atoms with Gasteiger partial charge >= 0.3 is 12.1 Å². The topological polar surface area (TPSA) is 113 Å². The third-order valence-electron chi connectivity index (χ3n) is 7.32. The molecular formula is C32H53NO8. The van der Waals surface area contributed by atoms with Crippen LogP contribution in [0.2, 0.25) is 0 Å². The first-order chi connectivity index (χ1) is 19.4. The van der Waals surface area contributed by atoms with Crippen molar-refractivity contribution in [3.8, 4) is 11.5 Å². The molecule has 234 valence electrons. The normalized spacial score (nSPS) is 18.8. The molecule has 1 aliphatic heterocycles. The maximum atomic E-state index is 13.1. The van der Waals surface area contributed by atoms with E-state index in [1.54, 1.807) is 7.11 Å². The number of aliphatic hydroxyl groups excluding tert-OH is 1. The van der Waals surface area contributed by atoms with E-state index in [1.165, 1.54) is 0 Å². The van der Waals surface area contributed by atoms with Crippen molar-refractivity contribution in [1.82, 2.24) is 5.32 Å². The van der Waals surface area contributed by atoms with Crippen molar-refractivity contribution in [2.24, 2.45) is 23.7 Å². The highest BCUT2D eigenvalue weighted by Gasteiger charge is 2.38. The summed E-state index contributed by atoms with van der Waals surface area (Å²) in [6.07, 6.45) is 2.79. The highest BCUT2D eigenvalue weighted by atomic mass is 16.6. The standard InChI is InChI=1S/C32H53NO8/c1-21(2)25(13-12-24-20-26(22(3)4)30(35)40-24)29(33-31(36)41-32(5,6)7)23-11-14-27(38-17-9-15-34)28(19-23)39-18-10-16-37-8/h11,14,19,21-22,24-26,29,34H,9-10,12-13,15-18,20H2,1-8H3,(H,33,36). The molecule has 0 saturated carbocycles. The number of benzene rings is 1. The minimum atomic E-state index is -0.647. The van der Waals surface area contributed by atoms with Crippen LogP contribution in [0.1, 0.15) is 92.2 Å². The van der Waals surface area contributed by atoms with Crippen molar-refractivity contribution < 1.29 is 38.4 Å². The van der Waals surface area contributed by atoms with E-state index in [4.69, 9.17) is 23.7 Å². The van der Waals surface area contributed by atoms with Gasteiger partial charge in [0.1, 0.15) is 11.7 Å². The monoisotopic (exact) mass is 579 g/mol. The number of rotatable bonds is 17. The molecule has 41 heavy (non-hydrogen) atoms. The molecule has 1 aliphatic rings. The van der Waals surface area contributed by atoms with Crippen molar-refractivity contribution in [3.05, 3.63) is 23.8 Å². The Labute approximate surface area is 246 Å². The number of aliphatic hydroxyl groups is 1. The van der Waals surface area contributed by atoms with E-state index in [0.29, 0.717) is 50.6 Å². The van der Waals surface area contributed by atoms with Crippen molar-refractivity contribution in [2.75, 3.05) is 33.5 Å². The molecule has 0 aromatic heterocycles. The predicted molar refractivity (Wildman–Crippen MR) is 158 cm³/mol. The molecule has 9 nitrogen and oxygen atoms in total. The molecule has 1 fully saturated rings. The fraction of sp³-hybridized carbons (Fsp3) is 0.750. The van der Waals surface area contributed by atoms with Crippen molar-refractivity contribution in [1.29, 1.82) is 0 Å². The summed E-state index contributed by atoms with van der Waals surface area (Å²) in [4.78, 5) is 25.5. The number of methoxy groups -OCH3 is 1. The second-order valence-corrected chi connectivity index (χ2v) is 12.6. The number of amides is 1. The van der Waals surface area contributed by atoms with Crippen LogP contribution in [0.25, 0.3) is 0 Å². The van der Waals surface area contributed by atoms with Gasteiger partial charge < -0.3 is 34.1 Å². The van der Waals surface area contributed by atoms with Crippen LogP contribution in [-0.4, -0.2) is 62.4 Å². The maximum Gasteiger partial charge on any atom is 0.408 e. The highest BCUT2D eigenvalue weighted by molar-refractivity contribution is 5.74. The molecule has 0 aliphatic carbocycles. The Morgan fingerprint density at radius 2 is 1.76 bits per heavy atom. The van der Waals surface area contributed by atoms with E-state index in [0.717, 1.165) is 18.4 Å². The zero-order valence-corrected chi connectivity index (χ0v) is 26.4. The van der Waals surface area contributed by atoms with Crippen molar-refractivity contribution in [2.45, 2.75) is 98.3 Å². The van der Waals surface area contributed by atoms with Gasteiger partial charge in [0, 0.05) is 33.2 Å². The quantitative estimate of drug-likeness (QED) is 0.169. The smallest absolute Gasteiger partial charge is 0.408 e. The van der Waals surface area contributed by atoms with Gasteiger partial charge in [0.2, 0.25) is 0 Å². The number of esters is 1. The lowest BCUT2D eigenvalue weighted by molar-refractivity contribution is -0.145. The summed E-state index contributed by atoms with van der Waals surface area (Å²) in [7, 11) is 1.65. The second kappa shape index (κ2) is 16.8. The van der Waals surface area contributed by atoms with Crippen LogP contribution in [0.4, 0.5) is 4.79 Å². The van der Waals surface area contributed by atoms with Crippen molar-refractivity contribution in [3.63, 3.8) is 0 Å². The summed E-state index contributed by atoms with van der Waals surface area (Å²) in [5, 5.41) is 12.3. The van der Waals surface area contributed by atoms with Gasteiger partial charge in [0.25, 0.3) is 0 Å². The molecular weight excluding hydrogens is 526 g/mol. The Morgan fingerprint density at radius 1 is 1.07 bits per heavy atom. The summed E-state index contributed by atoms with van der Waals surface area (Å²) < 4.78 is 28.5. The van der Waals surface area contributed by atoms with E-state index in [9.17, 15) is 14.7 Å². The van der Waals surface area contributed by atoms with E-state index in [1.807, 2.05) is 39.0 Å². The lowest BCUT2D eigenvalue weighted by Gasteiger charge is -2.33. The molecule has 9 heteroatoms. The first-order valence-corrected chi connectivity index (χ1v) is 15.1.